The average Bonchev–Trinajstić information content (AvgIpc) is 3.68. The number of aryl methyl sites for hydroxylation is 1. The summed E-state index contributed by atoms with van der Waals surface area (Å²) in [5.74, 6) is 1.67. The highest BCUT2D eigenvalue weighted by Gasteiger charge is 2.30. The second kappa shape index (κ2) is 12.2. The Hall–Kier alpha value is -3.77. The Morgan fingerprint density at radius 2 is 2.05 bits per heavy atom. The number of allylic oxidation sites excluding steroid dienone is 1. The van der Waals surface area contributed by atoms with E-state index in [-0.39, 0.29) is 17.8 Å². The lowest BCUT2D eigenvalue weighted by molar-refractivity contribution is 0.0219. The largest absolute Gasteiger partial charge is 0.378 e. The topological polar surface area (TPSA) is 68.5 Å². The quantitative estimate of drug-likeness (QED) is 0.347. The van der Waals surface area contributed by atoms with Crippen LogP contribution in [0.2, 0.25) is 0 Å². The Labute approximate surface area is 236 Å². The fraction of sp³-hybridized carbons (Fsp3) is 0.382. The van der Waals surface area contributed by atoms with Crippen LogP contribution in [0.5, 0.6) is 0 Å². The third-order valence-electron chi connectivity index (χ3n) is 8.17. The molecule has 1 N–H and O–H groups in total. The summed E-state index contributed by atoms with van der Waals surface area (Å²) >= 11 is 0. The lowest BCUT2D eigenvalue weighted by Crippen LogP contribution is -2.28. The van der Waals surface area contributed by atoms with Gasteiger partial charge in [0.2, 0.25) is 0 Å². The number of ketones is 1. The molecule has 3 aromatic rings. The number of ether oxygens (including phenoxy) is 1. The maximum atomic E-state index is 14.3. The van der Waals surface area contributed by atoms with Crippen LogP contribution in [-0.2, 0) is 11.2 Å². The number of nitrogens with one attached hydrogen (secondary N) is 1. The van der Waals surface area contributed by atoms with Crippen LogP contribution in [0, 0.1) is 12.8 Å². The number of pyridine rings is 1. The number of aromatic nitrogens is 2. The van der Waals surface area contributed by atoms with E-state index in [1.165, 1.54) is 24.0 Å². The molecule has 1 aromatic carbocycles. The maximum Gasteiger partial charge on any atom is 0.166 e. The van der Waals surface area contributed by atoms with Crippen molar-refractivity contribution >= 4 is 17.7 Å². The number of carbonyl (C=O) groups excluding carboxylic acids is 1. The molecule has 3 aliphatic rings. The second-order valence-corrected chi connectivity index (χ2v) is 11.3. The number of Topliss-reactive ketones (excluding diaryl/α,β-unsaturated/α-hetero) is 1. The molecule has 6 heteroatoms. The van der Waals surface area contributed by atoms with Gasteiger partial charge < -0.3 is 14.6 Å². The Morgan fingerprint density at radius 3 is 2.90 bits per heavy atom. The van der Waals surface area contributed by atoms with Crippen molar-refractivity contribution in [3.05, 3.63) is 101 Å². The van der Waals surface area contributed by atoms with Crippen molar-refractivity contribution in [2.45, 2.75) is 63.9 Å². The van der Waals surface area contributed by atoms with E-state index in [1.54, 1.807) is 6.21 Å². The summed E-state index contributed by atoms with van der Waals surface area (Å²) < 4.78 is 8.42. The Balaban J connectivity index is 1.23. The summed E-state index contributed by atoms with van der Waals surface area (Å²) in [5.41, 5.74) is 6.39. The van der Waals surface area contributed by atoms with Gasteiger partial charge in [0.15, 0.2) is 5.78 Å². The summed E-state index contributed by atoms with van der Waals surface area (Å²) in [7, 11) is 0. The number of benzene rings is 1. The number of hydrogen-bond acceptors (Lipinski definition) is 5. The number of hydrogen-bond donors (Lipinski definition) is 1. The second-order valence-electron chi connectivity index (χ2n) is 11.3. The van der Waals surface area contributed by atoms with Crippen molar-refractivity contribution < 1.29 is 9.53 Å². The van der Waals surface area contributed by atoms with Gasteiger partial charge in [-0.3, -0.25) is 9.79 Å². The lowest BCUT2D eigenvalue weighted by atomic mass is 9.83. The number of rotatable bonds is 7. The van der Waals surface area contributed by atoms with Crippen LogP contribution in [-0.4, -0.2) is 40.8 Å². The number of aliphatic imine (C=N–C) groups is 1. The first-order valence-electron chi connectivity index (χ1n) is 14.7. The highest BCUT2D eigenvalue weighted by atomic mass is 16.5. The molecule has 2 atom stereocenters. The molecule has 2 aliphatic heterocycles. The fourth-order valence-corrected chi connectivity index (χ4v) is 5.79. The standard InChI is InChI=1S/C34H38N4O2/c1-24-6-11-33(37-22-24)38-17-13-25(23-38)19-29-20-28(5-2-3-18-40-29)34(39)31-21-27(26-7-8-26)9-10-30(31)32-12-16-35-14-4-15-36-32/h4,6,9-15,17,21-23,26,28-29,36H,2-3,5,7-8,16,18-20H2,1H3/b15-4-,32-12+,35-14?. The van der Waals surface area contributed by atoms with Gasteiger partial charge in [-0.1, -0.05) is 24.6 Å². The zero-order chi connectivity index (χ0) is 27.3. The SMILES string of the molecule is Cc1ccc(-n2ccc(CC3CC(C(=O)c4cc(C5CC5)ccc4/C4=C\CN=C/C=C\N4)CCCCO3)c2)nc1. The smallest absolute Gasteiger partial charge is 0.166 e. The number of nitrogens with zero attached hydrogens (tertiary/aromatic N) is 3. The normalized spacial score (nSPS) is 23.6. The zero-order valence-corrected chi connectivity index (χ0v) is 23.3. The fourth-order valence-electron chi connectivity index (χ4n) is 5.79. The van der Waals surface area contributed by atoms with E-state index in [2.05, 4.69) is 68.7 Å². The Bertz CT molecular complexity index is 1430. The van der Waals surface area contributed by atoms with Gasteiger partial charge in [-0.2, -0.15) is 0 Å². The molecule has 40 heavy (non-hydrogen) atoms. The van der Waals surface area contributed by atoms with E-state index in [0.717, 1.165) is 66.9 Å². The average molecular weight is 535 g/mol. The first-order valence-corrected chi connectivity index (χ1v) is 14.7. The first-order chi connectivity index (χ1) is 19.6. The van der Waals surface area contributed by atoms with Crippen molar-refractivity contribution in [3.63, 3.8) is 0 Å². The Morgan fingerprint density at radius 1 is 1.12 bits per heavy atom. The van der Waals surface area contributed by atoms with Crippen LogP contribution >= 0.6 is 0 Å². The summed E-state index contributed by atoms with van der Waals surface area (Å²) in [6.45, 7) is 3.38. The third kappa shape index (κ3) is 6.34. The minimum atomic E-state index is -0.0675. The zero-order valence-electron chi connectivity index (χ0n) is 23.3. The molecule has 6 rings (SSSR count). The molecule has 1 saturated heterocycles. The molecule has 206 valence electrons. The van der Waals surface area contributed by atoms with Crippen LogP contribution in [0.1, 0.15) is 77.1 Å². The molecular weight excluding hydrogens is 496 g/mol. The van der Waals surface area contributed by atoms with Gasteiger partial charge in [-0.15, -0.1) is 0 Å². The van der Waals surface area contributed by atoms with Crippen molar-refractivity contribution in [2.75, 3.05) is 13.2 Å². The van der Waals surface area contributed by atoms with Crippen molar-refractivity contribution in [1.82, 2.24) is 14.9 Å². The van der Waals surface area contributed by atoms with Gasteiger partial charge in [-0.25, -0.2) is 4.98 Å². The summed E-state index contributed by atoms with van der Waals surface area (Å²) in [5, 5.41) is 3.39. The summed E-state index contributed by atoms with van der Waals surface area (Å²) in [6, 6.07) is 12.8. The molecule has 2 fully saturated rings. The minimum absolute atomic E-state index is 0.00199. The summed E-state index contributed by atoms with van der Waals surface area (Å²) in [6.07, 6.45) is 20.6. The van der Waals surface area contributed by atoms with Crippen LogP contribution in [0.15, 0.2) is 78.3 Å². The van der Waals surface area contributed by atoms with Gasteiger partial charge in [0.25, 0.3) is 0 Å². The van der Waals surface area contributed by atoms with Crippen LogP contribution < -0.4 is 5.32 Å². The number of carbonyl (C=O) groups is 1. The maximum absolute atomic E-state index is 14.3. The van der Waals surface area contributed by atoms with E-state index in [4.69, 9.17) is 4.74 Å². The molecular formula is C34H38N4O2. The van der Waals surface area contributed by atoms with Gasteiger partial charge >= 0.3 is 0 Å². The van der Waals surface area contributed by atoms with Gasteiger partial charge in [0.05, 0.1) is 12.6 Å². The lowest BCUT2D eigenvalue weighted by Gasteiger charge is -2.27. The predicted molar refractivity (Wildman–Crippen MR) is 160 cm³/mol. The first kappa shape index (κ1) is 26.5. The van der Waals surface area contributed by atoms with Gasteiger partial charge in [0, 0.05) is 66.8 Å². The van der Waals surface area contributed by atoms with E-state index in [1.807, 2.05) is 31.5 Å². The van der Waals surface area contributed by atoms with E-state index in [0.29, 0.717) is 12.5 Å². The molecule has 2 unspecified atom stereocenters. The van der Waals surface area contributed by atoms with Crippen molar-refractivity contribution in [1.29, 1.82) is 0 Å². The molecule has 1 aliphatic carbocycles. The molecule has 0 spiro atoms. The van der Waals surface area contributed by atoms with Gasteiger partial charge in [-0.05, 0) is 92.0 Å². The predicted octanol–water partition coefficient (Wildman–Crippen LogP) is 6.59. The van der Waals surface area contributed by atoms with Crippen molar-refractivity contribution in [2.24, 2.45) is 10.9 Å². The van der Waals surface area contributed by atoms with E-state index in [9.17, 15) is 4.79 Å². The van der Waals surface area contributed by atoms with E-state index < -0.39 is 0 Å². The Kier molecular flexibility index (Phi) is 8.05. The minimum Gasteiger partial charge on any atom is -0.378 e. The van der Waals surface area contributed by atoms with Crippen LogP contribution in [0.25, 0.3) is 11.5 Å². The molecule has 0 amide bonds. The highest BCUT2D eigenvalue weighted by molar-refractivity contribution is 6.02. The molecule has 4 heterocycles. The van der Waals surface area contributed by atoms with Crippen LogP contribution in [0.3, 0.4) is 0 Å². The van der Waals surface area contributed by atoms with Crippen LogP contribution in [0.4, 0.5) is 0 Å². The van der Waals surface area contributed by atoms with Gasteiger partial charge in [0.1, 0.15) is 5.82 Å². The molecule has 1 saturated carbocycles. The monoisotopic (exact) mass is 534 g/mol. The third-order valence-corrected chi connectivity index (χ3v) is 8.17. The summed E-state index contributed by atoms with van der Waals surface area (Å²) in [4.78, 5) is 23.3. The molecule has 0 radical (unpaired) electrons. The molecule has 6 nitrogen and oxygen atoms in total. The highest BCUT2D eigenvalue weighted by Crippen LogP contribution is 2.41. The molecule has 0 bridgehead atoms. The molecule has 2 aromatic heterocycles. The van der Waals surface area contributed by atoms with Crippen molar-refractivity contribution in [3.8, 4) is 5.82 Å². The van der Waals surface area contributed by atoms with E-state index >= 15 is 0 Å².